The fourth-order valence-corrected chi connectivity index (χ4v) is 1.64. The molecule has 1 rings (SSSR count). The standard InChI is InChI=1S/C7H10N2O3S/c1-6-3-7(4-10)9(8-6)5-13(2,11)12/h3-4H,5H2,1-2H3. The van der Waals surface area contributed by atoms with Crippen LogP contribution in [0.4, 0.5) is 0 Å². The molecule has 0 aliphatic carbocycles. The second-order valence-corrected chi connectivity index (χ2v) is 4.99. The van der Waals surface area contributed by atoms with Gasteiger partial charge in [-0.2, -0.15) is 5.10 Å². The molecule has 0 aliphatic heterocycles. The molecular weight excluding hydrogens is 192 g/mol. The van der Waals surface area contributed by atoms with Gasteiger partial charge in [0, 0.05) is 6.26 Å². The average Bonchev–Trinajstić information content (AvgIpc) is 2.27. The molecule has 0 saturated heterocycles. The van der Waals surface area contributed by atoms with Gasteiger partial charge in [0.2, 0.25) is 0 Å². The lowest BCUT2D eigenvalue weighted by Crippen LogP contribution is -2.12. The third-order valence-corrected chi connectivity index (χ3v) is 2.12. The van der Waals surface area contributed by atoms with E-state index in [0.717, 1.165) is 6.26 Å². The van der Waals surface area contributed by atoms with E-state index in [2.05, 4.69) is 5.10 Å². The van der Waals surface area contributed by atoms with Gasteiger partial charge in [-0.05, 0) is 13.0 Å². The van der Waals surface area contributed by atoms with Crippen molar-refractivity contribution in [3.63, 3.8) is 0 Å². The summed E-state index contributed by atoms with van der Waals surface area (Å²) in [5, 5.41) is 3.87. The Bertz CT molecular complexity index is 419. The topological polar surface area (TPSA) is 69.0 Å². The number of aryl methyl sites for hydroxylation is 1. The summed E-state index contributed by atoms with van der Waals surface area (Å²) in [5.74, 6) is -0.255. The second kappa shape index (κ2) is 3.29. The summed E-state index contributed by atoms with van der Waals surface area (Å²) < 4.78 is 23.0. The Morgan fingerprint density at radius 1 is 1.62 bits per heavy atom. The lowest BCUT2D eigenvalue weighted by molar-refractivity contribution is 0.111. The summed E-state index contributed by atoms with van der Waals surface area (Å²) in [6, 6.07) is 1.54. The van der Waals surface area contributed by atoms with Gasteiger partial charge in [0.15, 0.2) is 16.1 Å². The normalized spacial score (nSPS) is 11.5. The highest BCUT2D eigenvalue weighted by Crippen LogP contribution is 2.02. The predicted molar refractivity (Wildman–Crippen MR) is 47.2 cm³/mol. The van der Waals surface area contributed by atoms with Crippen molar-refractivity contribution < 1.29 is 13.2 Å². The van der Waals surface area contributed by atoms with Crippen LogP contribution in [0.5, 0.6) is 0 Å². The summed E-state index contributed by atoms with van der Waals surface area (Å²) >= 11 is 0. The van der Waals surface area contributed by atoms with Gasteiger partial charge in [-0.15, -0.1) is 0 Å². The van der Waals surface area contributed by atoms with E-state index >= 15 is 0 Å². The summed E-state index contributed by atoms with van der Waals surface area (Å²) in [7, 11) is -3.15. The van der Waals surface area contributed by atoms with E-state index in [-0.39, 0.29) is 11.6 Å². The summed E-state index contributed by atoms with van der Waals surface area (Å²) in [4.78, 5) is 10.5. The number of hydrogen-bond acceptors (Lipinski definition) is 4. The third kappa shape index (κ3) is 2.66. The third-order valence-electron chi connectivity index (χ3n) is 1.41. The highest BCUT2D eigenvalue weighted by Gasteiger charge is 2.09. The Hall–Kier alpha value is -1.17. The molecular formula is C7H10N2O3S. The number of nitrogens with zero attached hydrogens (tertiary/aromatic N) is 2. The van der Waals surface area contributed by atoms with Crippen LogP contribution in [-0.4, -0.2) is 30.7 Å². The second-order valence-electron chi connectivity index (χ2n) is 2.88. The number of aldehydes is 1. The van der Waals surface area contributed by atoms with Gasteiger partial charge in [0.05, 0.1) is 5.69 Å². The highest BCUT2D eigenvalue weighted by molar-refractivity contribution is 7.89. The highest BCUT2D eigenvalue weighted by atomic mass is 32.2. The molecule has 1 aromatic rings. The van der Waals surface area contributed by atoms with Gasteiger partial charge in [-0.1, -0.05) is 0 Å². The molecule has 5 nitrogen and oxygen atoms in total. The monoisotopic (exact) mass is 202 g/mol. The van der Waals surface area contributed by atoms with Crippen LogP contribution in [-0.2, 0) is 15.7 Å². The fraction of sp³-hybridized carbons (Fsp3) is 0.429. The molecule has 1 heterocycles. The van der Waals surface area contributed by atoms with Crippen LogP contribution in [0.3, 0.4) is 0 Å². The Balaban J connectivity index is 3.07. The molecule has 0 amide bonds. The Morgan fingerprint density at radius 2 is 2.23 bits per heavy atom. The summed E-state index contributed by atoms with van der Waals surface area (Å²) in [5.41, 5.74) is 0.911. The van der Waals surface area contributed by atoms with E-state index in [9.17, 15) is 13.2 Å². The lowest BCUT2D eigenvalue weighted by atomic mass is 10.4. The Labute approximate surface area is 76.3 Å². The Morgan fingerprint density at radius 3 is 2.69 bits per heavy atom. The number of sulfone groups is 1. The van der Waals surface area contributed by atoms with Crippen molar-refractivity contribution in [2.24, 2.45) is 0 Å². The molecule has 6 heteroatoms. The molecule has 0 atom stereocenters. The van der Waals surface area contributed by atoms with Crippen LogP contribution < -0.4 is 0 Å². The fourth-order valence-electron chi connectivity index (χ4n) is 0.986. The zero-order valence-electron chi connectivity index (χ0n) is 7.39. The Kier molecular flexibility index (Phi) is 2.51. The van der Waals surface area contributed by atoms with Crippen LogP contribution >= 0.6 is 0 Å². The van der Waals surface area contributed by atoms with E-state index in [1.54, 1.807) is 6.92 Å². The zero-order valence-corrected chi connectivity index (χ0v) is 8.21. The smallest absolute Gasteiger partial charge is 0.168 e. The maximum absolute atomic E-state index is 10.9. The molecule has 1 aromatic heterocycles. The molecule has 0 radical (unpaired) electrons. The number of rotatable bonds is 3. The maximum Gasteiger partial charge on any atom is 0.168 e. The molecule has 0 spiro atoms. The van der Waals surface area contributed by atoms with E-state index in [1.807, 2.05) is 0 Å². The number of carbonyl (C=O) groups excluding carboxylic acids is 1. The molecule has 72 valence electrons. The average molecular weight is 202 g/mol. The van der Waals surface area contributed by atoms with Gasteiger partial charge >= 0.3 is 0 Å². The first kappa shape index (κ1) is 9.91. The molecule has 0 saturated carbocycles. The van der Waals surface area contributed by atoms with Crippen LogP contribution in [0.1, 0.15) is 16.2 Å². The van der Waals surface area contributed by atoms with Crippen molar-refractivity contribution >= 4 is 16.1 Å². The summed E-state index contributed by atoms with van der Waals surface area (Å²) in [6.45, 7) is 1.70. The lowest BCUT2D eigenvalue weighted by Gasteiger charge is -1.99. The number of carbonyl (C=O) groups is 1. The van der Waals surface area contributed by atoms with Crippen molar-refractivity contribution in [3.8, 4) is 0 Å². The summed E-state index contributed by atoms with van der Waals surface area (Å²) in [6.07, 6.45) is 1.68. The van der Waals surface area contributed by atoms with Gasteiger partial charge in [-0.3, -0.25) is 4.79 Å². The minimum Gasteiger partial charge on any atom is -0.296 e. The van der Waals surface area contributed by atoms with E-state index in [1.165, 1.54) is 10.7 Å². The van der Waals surface area contributed by atoms with Gasteiger partial charge < -0.3 is 0 Å². The SMILES string of the molecule is Cc1cc(C=O)n(CS(C)(=O)=O)n1. The minimum atomic E-state index is -3.15. The van der Waals surface area contributed by atoms with Crippen LogP contribution in [0.2, 0.25) is 0 Å². The first-order valence-electron chi connectivity index (χ1n) is 3.60. The van der Waals surface area contributed by atoms with E-state index in [4.69, 9.17) is 0 Å². The molecule has 0 aliphatic rings. The number of hydrogen-bond donors (Lipinski definition) is 0. The molecule has 13 heavy (non-hydrogen) atoms. The van der Waals surface area contributed by atoms with Crippen molar-refractivity contribution in [3.05, 3.63) is 17.5 Å². The van der Waals surface area contributed by atoms with Gasteiger partial charge in [-0.25, -0.2) is 13.1 Å². The predicted octanol–water partition coefficient (Wildman–Crippen LogP) is 0.00612. The van der Waals surface area contributed by atoms with Gasteiger partial charge in [0.25, 0.3) is 0 Å². The van der Waals surface area contributed by atoms with Crippen LogP contribution in [0.25, 0.3) is 0 Å². The molecule has 0 fully saturated rings. The van der Waals surface area contributed by atoms with Crippen molar-refractivity contribution in [2.75, 3.05) is 6.26 Å². The number of aromatic nitrogens is 2. The largest absolute Gasteiger partial charge is 0.296 e. The van der Waals surface area contributed by atoms with Crippen molar-refractivity contribution in [2.45, 2.75) is 12.8 Å². The van der Waals surface area contributed by atoms with Crippen molar-refractivity contribution in [1.29, 1.82) is 0 Å². The maximum atomic E-state index is 10.9. The van der Waals surface area contributed by atoms with Gasteiger partial charge in [0.1, 0.15) is 11.6 Å². The van der Waals surface area contributed by atoms with E-state index in [0.29, 0.717) is 12.0 Å². The quantitative estimate of drug-likeness (QED) is 0.647. The first-order valence-corrected chi connectivity index (χ1v) is 5.66. The first-order chi connectivity index (χ1) is 5.92. The molecule has 0 bridgehead atoms. The molecule has 0 unspecified atom stereocenters. The van der Waals surface area contributed by atoms with Crippen LogP contribution in [0, 0.1) is 6.92 Å². The van der Waals surface area contributed by atoms with Crippen LogP contribution in [0.15, 0.2) is 6.07 Å². The molecule has 0 aromatic carbocycles. The zero-order chi connectivity index (χ0) is 10.1. The van der Waals surface area contributed by atoms with E-state index < -0.39 is 9.84 Å². The molecule has 0 N–H and O–H groups in total. The van der Waals surface area contributed by atoms with Crippen molar-refractivity contribution in [1.82, 2.24) is 9.78 Å². The minimum absolute atomic E-state index is 0.255.